The normalized spacial score (nSPS) is 10.9. The Morgan fingerprint density at radius 2 is 1.84 bits per heavy atom. The van der Waals surface area contributed by atoms with Crippen LogP contribution in [0.15, 0.2) is 85.0 Å². The Morgan fingerprint density at radius 1 is 1.08 bits per heavy atom. The number of allylic oxidation sites excluding steroid dienone is 1. The van der Waals surface area contributed by atoms with E-state index >= 15 is 0 Å². The number of nitriles is 1. The van der Waals surface area contributed by atoms with Gasteiger partial charge in [0.1, 0.15) is 18.2 Å². The maximum atomic E-state index is 12.7. The number of nitrogens with zero attached hydrogens (tertiary/aromatic N) is 1. The fourth-order valence-electron chi connectivity index (χ4n) is 3.79. The Bertz CT molecular complexity index is 1260. The number of carbonyl (C=O) groups excluding carboxylic acids is 1. The summed E-state index contributed by atoms with van der Waals surface area (Å²) >= 11 is 5.99. The van der Waals surface area contributed by atoms with E-state index in [0.29, 0.717) is 48.3 Å². The van der Waals surface area contributed by atoms with Gasteiger partial charge < -0.3 is 14.8 Å². The number of hydrogen-bond donors (Lipinski definition) is 1. The van der Waals surface area contributed by atoms with E-state index in [9.17, 15) is 10.1 Å². The summed E-state index contributed by atoms with van der Waals surface area (Å²) in [7, 11) is 0. The Kier molecular flexibility index (Phi) is 10.8. The maximum absolute atomic E-state index is 12.7. The number of rotatable bonds is 13. The van der Waals surface area contributed by atoms with Crippen molar-refractivity contribution in [2.45, 2.75) is 32.8 Å². The van der Waals surface area contributed by atoms with E-state index in [1.807, 2.05) is 61.5 Å². The topological polar surface area (TPSA) is 71.4 Å². The van der Waals surface area contributed by atoms with Gasteiger partial charge in [0.05, 0.1) is 6.61 Å². The van der Waals surface area contributed by atoms with Gasteiger partial charge in [-0.05, 0) is 73.2 Å². The molecule has 5 nitrogen and oxygen atoms in total. The smallest absolute Gasteiger partial charge is 0.261 e. The van der Waals surface area contributed by atoms with Gasteiger partial charge in [0, 0.05) is 17.1 Å². The summed E-state index contributed by atoms with van der Waals surface area (Å²) in [4.78, 5) is 12.7. The fourth-order valence-corrected chi connectivity index (χ4v) is 3.91. The van der Waals surface area contributed by atoms with Crippen LogP contribution in [0.25, 0.3) is 6.08 Å². The van der Waals surface area contributed by atoms with Crippen LogP contribution in [0.5, 0.6) is 11.5 Å². The summed E-state index contributed by atoms with van der Waals surface area (Å²) in [6, 6.07) is 23.2. The van der Waals surface area contributed by atoms with Crippen molar-refractivity contribution in [2.24, 2.45) is 0 Å². The van der Waals surface area contributed by atoms with Crippen molar-refractivity contribution in [3.8, 4) is 17.6 Å². The number of amides is 1. The summed E-state index contributed by atoms with van der Waals surface area (Å²) in [6.07, 6.45) is 5.52. The van der Waals surface area contributed by atoms with E-state index in [1.54, 1.807) is 18.2 Å². The third-order valence-corrected chi connectivity index (χ3v) is 5.81. The molecule has 0 saturated heterocycles. The predicted molar refractivity (Wildman–Crippen MR) is 149 cm³/mol. The summed E-state index contributed by atoms with van der Waals surface area (Å²) in [5.74, 6) is 0.752. The van der Waals surface area contributed by atoms with E-state index in [1.165, 1.54) is 5.56 Å². The highest BCUT2D eigenvalue weighted by atomic mass is 35.5. The van der Waals surface area contributed by atoms with Crippen molar-refractivity contribution in [1.29, 1.82) is 5.26 Å². The highest BCUT2D eigenvalue weighted by Gasteiger charge is 2.15. The summed E-state index contributed by atoms with van der Waals surface area (Å²) in [6.45, 7) is 7.00. The molecule has 0 saturated carbocycles. The molecule has 1 amide bonds. The molecule has 1 N–H and O–H groups in total. The average Bonchev–Trinajstić information content (AvgIpc) is 2.91. The minimum atomic E-state index is -0.401. The van der Waals surface area contributed by atoms with E-state index in [2.05, 4.69) is 24.0 Å². The van der Waals surface area contributed by atoms with Crippen LogP contribution >= 0.6 is 11.6 Å². The van der Waals surface area contributed by atoms with Crippen molar-refractivity contribution in [3.05, 3.63) is 112 Å². The van der Waals surface area contributed by atoms with Gasteiger partial charge >= 0.3 is 0 Å². The molecule has 0 atom stereocenters. The molecule has 3 aromatic carbocycles. The van der Waals surface area contributed by atoms with Crippen LogP contribution < -0.4 is 14.8 Å². The van der Waals surface area contributed by atoms with Crippen LogP contribution in [-0.4, -0.2) is 19.1 Å². The second-order valence-electron chi connectivity index (χ2n) is 8.36. The molecule has 0 spiro atoms. The first-order chi connectivity index (χ1) is 18.0. The first-order valence-electron chi connectivity index (χ1n) is 12.3. The van der Waals surface area contributed by atoms with Gasteiger partial charge in [-0.3, -0.25) is 4.79 Å². The lowest BCUT2D eigenvalue weighted by Crippen LogP contribution is -2.25. The average molecular weight is 515 g/mol. The maximum Gasteiger partial charge on any atom is 0.261 e. The van der Waals surface area contributed by atoms with E-state index in [-0.39, 0.29) is 5.57 Å². The molecule has 0 aliphatic carbocycles. The van der Waals surface area contributed by atoms with Crippen LogP contribution in [-0.2, 0) is 24.2 Å². The lowest BCUT2D eigenvalue weighted by molar-refractivity contribution is -0.117. The first kappa shape index (κ1) is 27.6. The summed E-state index contributed by atoms with van der Waals surface area (Å²) in [5, 5.41) is 13.2. The molecule has 0 aromatic heterocycles. The first-order valence-corrected chi connectivity index (χ1v) is 12.6. The van der Waals surface area contributed by atoms with Crippen molar-refractivity contribution in [1.82, 2.24) is 5.32 Å². The minimum Gasteiger partial charge on any atom is -0.490 e. The van der Waals surface area contributed by atoms with Gasteiger partial charge in [-0.25, -0.2) is 0 Å². The molecular weight excluding hydrogens is 484 g/mol. The number of halogens is 1. The highest BCUT2D eigenvalue weighted by Crippen LogP contribution is 2.35. The Morgan fingerprint density at radius 3 is 2.51 bits per heavy atom. The lowest BCUT2D eigenvalue weighted by atomic mass is 10.0. The lowest BCUT2D eigenvalue weighted by Gasteiger charge is -2.17. The second-order valence-corrected chi connectivity index (χ2v) is 8.80. The molecule has 0 radical (unpaired) electrons. The number of benzene rings is 3. The van der Waals surface area contributed by atoms with Crippen molar-refractivity contribution >= 4 is 23.6 Å². The van der Waals surface area contributed by atoms with Gasteiger partial charge in [-0.15, -0.1) is 6.58 Å². The van der Waals surface area contributed by atoms with E-state index in [4.69, 9.17) is 21.1 Å². The third kappa shape index (κ3) is 8.56. The number of nitrogens with one attached hydrogen (secondary N) is 1. The zero-order valence-corrected chi connectivity index (χ0v) is 21.8. The molecule has 37 heavy (non-hydrogen) atoms. The molecule has 190 valence electrons. The zero-order valence-electron chi connectivity index (χ0n) is 21.0. The fraction of sp³-hybridized carbons (Fsp3) is 0.226. The van der Waals surface area contributed by atoms with Crippen molar-refractivity contribution < 1.29 is 14.3 Å². The van der Waals surface area contributed by atoms with Gasteiger partial charge in [0.2, 0.25) is 0 Å². The van der Waals surface area contributed by atoms with E-state index < -0.39 is 5.91 Å². The second kappa shape index (κ2) is 14.5. The van der Waals surface area contributed by atoms with E-state index in [0.717, 1.165) is 24.0 Å². The number of ether oxygens (including phenoxy) is 2. The van der Waals surface area contributed by atoms with Crippen LogP contribution in [0.2, 0.25) is 5.02 Å². The standard InChI is InChI=1S/C31H31ClN2O3/c1-3-9-26-18-25(19-27(21-33)31(35)34-17-8-12-23-10-6-5-7-11-23)20-29(36-4-2)30(26)37-22-24-13-15-28(32)16-14-24/h3,5-7,10-11,13-16,18-20H,1,4,8-9,12,17,22H2,2H3,(H,34,35)/b27-19-. The molecule has 6 heteroatoms. The molecule has 0 heterocycles. The molecular formula is C31H31ClN2O3. The van der Waals surface area contributed by atoms with Gasteiger partial charge in [-0.2, -0.15) is 5.26 Å². The van der Waals surface area contributed by atoms with Crippen LogP contribution in [0.3, 0.4) is 0 Å². The van der Waals surface area contributed by atoms with Crippen molar-refractivity contribution in [3.63, 3.8) is 0 Å². The zero-order chi connectivity index (χ0) is 26.5. The molecule has 0 bridgehead atoms. The molecule has 0 unspecified atom stereocenters. The highest BCUT2D eigenvalue weighted by molar-refractivity contribution is 6.30. The van der Waals surface area contributed by atoms with Crippen LogP contribution in [0.1, 0.15) is 35.6 Å². The Labute approximate surface area is 224 Å². The molecule has 0 aliphatic rings. The number of hydrogen-bond acceptors (Lipinski definition) is 4. The minimum absolute atomic E-state index is 0.0292. The largest absolute Gasteiger partial charge is 0.490 e. The Balaban J connectivity index is 1.76. The van der Waals surface area contributed by atoms with Gasteiger partial charge in [0.25, 0.3) is 5.91 Å². The predicted octanol–water partition coefficient (Wildman–Crippen LogP) is 6.70. The van der Waals surface area contributed by atoms with Gasteiger partial charge in [0.15, 0.2) is 11.5 Å². The monoisotopic (exact) mass is 514 g/mol. The summed E-state index contributed by atoms with van der Waals surface area (Å²) in [5.41, 5.74) is 3.74. The Hall–Kier alpha value is -4.01. The van der Waals surface area contributed by atoms with Crippen LogP contribution in [0, 0.1) is 11.3 Å². The molecule has 0 fully saturated rings. The number of aryl methyl sites for hydroxylation is 1. The third-order valence-electron chi connectivity index (χ3n) is 5.56. The number of carbonyl (C=O) groups is 1. The summed E-state index contributed by atoms with van der Waals surface area (Å²) < 4.78 is 12.0. The SMILES string of the molecule is C=CCc1cc(/C=C(/C#N)C(=O)NCCCc2ccccc2)cc(OCC)c1OCc1ccc(Cl)cc1. The van der Waals surface area contributed by atoms with Crippen LogP contribution in [0.4, 0.5) is 0 Å². The molecule has 3 rings (SSSR count). The quantitative estimate of drug-likeness (QED) is 0.119. The van der Waals surface area contributed by atoms with Crippen molar-refractivity contribution in [2.75, 3.05) is 13.2 Å². The molecule has 3 aromatic rings. The van der Waals surface area contributed by atoms with Gasteiger partial charge in [-0.1, -0.05) is 60.1 Å². The molecule has 0 aliphatic heterocycles.